The molecule has 4 heteroatoms. The topological polar surface area (TPSA) is 51.0 Å². The Labute approximate surface area is 101 Å². The zero-order chi connectivity index (χ0) is 12.3. The van der Waals surface area contributed by atoms with Gasteiger partial charge < -0.3 is 9.73 Å². The van der Waals surface area contributed by atoms with Gasteiger partial charge in [-0.2, -0.15) is 0 Å². The van der Waals surface area contributed by atoms with Crippen LogP contribution in [0.3, 0.4) is 0 Å². The van der Waals surface area contributed by atoms with E-state index in [2.05, 4.69) is 47.6 Å². The van der Waals surface area contributed by atoms with Gasteiger partial charge in [0.1, 0.15) is 0 Å². The van der Waals surface area contributed by atoms with E-state index in [9.17, 15) is 0 Å². The Kier molecular flexibility index (Phi) is 3.54. The van der Waals surface area contributed by atoms with Gasteiger partial charge in [0.05, 0.1) is 6.54 Å². The number of aromatic nitrogens is 2. The highest BCUT2D eigenvalue weighted by atomic mass is 16.4. The van der Waals surface area contributed by atoms with Crippen LogP contribution in [0, 0.1) is 13.8 Å². The van der Waals surface area contributed by atoms with Crippen LogP contribution in [0.5, 0.6) is 0 Å². The molecule has 4 nitrogen and oxygen atoms in total. The lowest BCUT2D eigenvalue weighted by Gasteiger charge is -2.15. The molecule has 0 saturated heterocycles. The molecule has 17 heavy (non-hydrogen) atoms. The van der Waals surface area contributed by atoms with Crippen LogP contribution in [0.25, 0.3) is 0 Å². The molecule has 0 amide bonds. The SMILES string of the molecule is Cc1nnc(CN[C@@H](C)c2ccccc2C)o1. The summed E-state index contributed by atoms with van der Waals surface area (Å²) in [5.74, 6) is 1.23. The standard InChI is InChI=1S/C13H17N3O/c1-9-6-4-5-7-12(9)10(2)14-8-13-16-15-11(3)17-13/h4-7,10,14H,8H2,1-3H3/t10-/m0/s1. The second-order valence-corrected chi connectivity index (χ2v) is 4.17. The normalized spacial score (nSPS) is 12.6. The molecule has 2 aromatic rings. The van der Waals surface area contributed by atoms with Crippen molar-refractivity contribution < 1.29 is 4.42 Å². The average molecular weight is 231 g/mol. The highest BCUT2D eigenvalue weighted by molar-refractivity contribution is 5.28. The minimum atomic E-state index is 0.267. The van der Waals surface area contributed by atoms with Crippen LogP contribution >= 0.6 is 0 Å². The molecule has 1 N–H and O–H groups in total. The van der Waals surface area contributed by atoms with Crippen molar-refractivity contribution in [2.45, 2.75) is 33.4 Å². The number of nitrogens with zero attached hydrogens (tertiary/aromatic N) is 2. The van der Waals surface area contributed by atoms with Crippen LogP contribution in [-0.4, -0.2) is 10.2 Å². The van der Waals surface area contributed by atoms with Crippen LogP contribution in [0.4, 0.5) is 0 Å². The third-order valence-corrected chi connectivity index (χ3v) is 2.78. The smallest absolute Gasteiger partial charge is 0.230 e. The van der Waals surface area contributed by atoms with Gasteiger partial charge in [-0.3, -0.25) is 0 Å². The Hall–Kier alpha value is -1.68. The first kappa shape index (κ1) is 11.8. The number of rotatable bonds is 4. The Morgan fingerprint density at radius 1 is 1.24 bits per heavy atom. The molecule has 0 aliphatic heterocycles. The predicted octanol–water partition coefficient (Wildman–Crippen LogP) is 2.54. The lowest BCUT2D eigenvalue weighted by Crippen LogP contribution is -2.19. The Morgan fingerprint density at radius 2 is 2.00 bits per heavy atom. The molecule has 1 aromatic heterocycles. The Bertz CT molecular complexity index is 493. The summed E-state index contributed by atoms with van der Waals surface area (Å²) in [5.41, 5.74) is 2.58. The number of hydrogen-bond acceptors (Lipinski definition) is 4. The number of aryl methyl sites for hydroxylation is 2. The Morgan fingerprint density at radius 3 is 2.65 bits per heavy atom. The maximum absolute atomic E-state index is 5.32. The van der Waals surface area contributed by atoms with Crippen molar-refractivity contribution in [1.29, 1.82) is 0 Å². The van der Waals surface area contributed by atoms with E-state index in [1.165, 1.54) is 11.1 Å². The van der Waals surface area contributed by atoms with Crippen LogP contribution < -0.4 is 5.32 Å². The summed E-state index contributed by atoms with van der Waals surface area (Å²) in [6.45, 7) is 6.63. The van der Waals surface area contributed by atoms with Gasteiger partial charge >= 0.3 is 0 Å². The molecular formula is C13H17N3O. The molecule has 0 aliphatic carbocycles. The Balaban J connectivity index is 1.98. The van der Waals surface area contributed by atoms with E-state index in [-0.39, 0.29) is 6.04 Å². The molecule has 2 rings (SSSR count). The maximum atomic E-state index is 5.32. The summed E-state index contributed by atoms with van der Waals surface area (Å²) in [4.78, 5) is 0. The number of hydrogen-bond donors (Lipinski definition) is 1. The molecule has 0 fully saturated rings. The van der Waals surface area contributed by atoms with Gasteiger partial charge in [-0.15, -0.1) is 10.2 Å². The first-order valence-electron chi connectivity index (χ1n) is 5.74. The molecule has 1 atom stereocenters. The van der Waals surface area contributed by atoms with Gasteiger partial charge in [-0.25, -0.2) is 0 Å². The fourth-order valence-corrected chi connectivity index (χ4v) is 1.83. The summed E-state index contributed by atoms with van der Waals surface area (Å²) in [5, 5.41) is 11.1. The fourth-order valence-electron chi connectivity index (χ4n) is 1.83. The van der Waals surface area contributed by atoms with Gasteiger partial charge in [-0.1, -0.05) is 24.3 Å². The minimum Gasteiger partial charge on any atom is -0.424 e. The van der Waals surface area contributed by atoms with E-state index >= 15 is 0 Å². The minimum absolute atomic E-state index is 0.267. The molecule has 1 heterocycles. The van der Waals surface area contributed by atoms with Gasteiger partial charge in [0.2, 0.25) is 11.8 Å². The molecule has 90 valence electrons. The second kappa shape index (κ2) is 5.10. The third-order valence-electron chi connectivity index (χ3n) is 2.78. The first-order chi connectivity index (χ1) is 8.16. The van der Waals surface area contributed by atoms with E-state index in [1.807, 2.05) is 6.07 Å². The molecule has 0 aliphatic rings. The molecule has 0 bridgehead atoms. The zero-order valence-corrected chi connectivity index (χ0v) is 10.4. The second-order valence-electron chi connectivity index (χ2n) is 4.17. The largest absolute Gasteiger partial charge is 0.424 e. The monoisotopic (exact) mass is 231 g/mol. The van der Waals surface area contributed by atoms with Crippen LogP contribution in [0.15, 0.2) is 28.7 Å². The number of benzene rings is 1. The maximum Gasteiger partial charge on any atom is 0.230 e. The first-order valence-corrected chi connectivity index (χ1v) is 5.74. The van der Waals surface area contributed by atoms with Crippen molar-refractivity contribution >= 4 is 0 Å². The van der Waals surface area contributed by atoms with Crippen molar-refractivity contribution in [1.82, 2.24) is 15.5 Å². The fraction of sp³-hybridized carbons (Fsp3) is 0.385. The highest BCUT2D eigenvalue weighted by Crippen LogP contribution is 2.16. The predicted molar refractivity (Wildman–Crippen MR) is 65.5 cm³/mol. The quantitative estimate of drug-likeness (QED) is 0.878. The summed E-state index contributed by atoms with van der Waals surface area (Å²) in [6.07, 6.45) is 0. The van der Waals surface area contributed by atoms with E-state index in [4.69, 9.17) is 4.42 Å². The molecule has 0 radical (unpaired) electrons. The van der Waals surface area contributed by atoms with Crippen molar-refractivity contribution in [2.24, 2.45) is 0 Å². The van der Waals surface area contributed by atoms with Crippen molar-refractivity contribution in [2.75, 3.05) is 0 Å². The van der Waals surface area contributed by atoms with Gasteiger partial charge in [-0.05, 0) is 25.0 Å². The lowest BCUT2D eigenvalue weighted by molar-refractivity contribution is 0.430. The lowest BCUT2D eigenvalue weighted by atomic mass is 10.0. The molecular weight excluding hydrogens is 214 g/mol. The van der Waals surface area contributed by atoms with E-state index in [1.54, 1.807) is 6.92 Å². The number of nitrogens with one attached hydrogen (secondary N) is 1. The molecule has 0 unspecified atom stereocenters. The highest BCUT2D eigenvalue weighted by Gasteiger charge is 2.09. The van der Waals surface area contributed by atoms with Crippen molar-refractivity contribution in [3.8, 4) is 0 Å². The molecule has 0 saturated carbocycles. The average Bonchev–Trinajstić information content (AvgIpc) is 2.73. The van der Waals surface area contributed by atoms with Crippen LogP contribution in [-0.2, 0) is 6.54 Å². The van der Waals surface area contributed by atoms with E-state index in [0.29, 0.717) is 18.3 Å². The van der Waals surface area contributed by atoms with Crippen molar-refractivity contribution in [3.05, 3.63) is 47.2 Å². The van der Waals surface area contributed by atoms with E-state index in [0.717, 1.165) is 0 Å². The molecule has 0 spiro atoms. The van der Waals surface area contributed by atoms with Gasteiger partial charge in [0.25, 0.3) is 0 Å². The summed E-state index contributed by atoms with van der Waals surface area (Å²) < 4.78 is 5.32. The van der Waals surface area contributed by atoms with Gasteiger partial charge in [0.15, 0.2) is 0 Å². The van der Waals surface area contributed by atoms with Crippen molar-refractivity contribution in [3.63, 3.8) is 0 Å². The van der Waals surface area contributed by atoms with Gasteiger partial charge in [0, 0.05) is 13.0 Å². The molecule has 1 aromatic carbocycles. The van der Waals surface area contributed by atoms with Crippen LogP contribution in [0.1, 0.15) is 35.9 Å². The van der Waals surface area contributed by atoms with E-state index < -0.39 is 0 Å². The third kappa shape index (κ3) is 2.91. The zero-order valence-electron chi connectivity index (χ0n) is 10.4. The summed E-state index contributed by atoms with van der Waals surface area (Å²) >= 11 is 0. The van der Waals surface area contributed by atoms with Crippen LogP contribution in [0.2, 0.25) is 0 Å². The summed E-state index contributed by atoms with van der Waals surface area (Å²) in [6, 6.07) is 8.61. The summed E-state index contributed by atoms with van der Waals surface area (Å²) in [7, 11) is 0.